The number of nitro benzene ring substituents is 1. The summed E-state index contributed by atoms with van der Waals surface area (Å²) >= 11 is 0. The molecule has 2 rings (SSSR count). The fraction of sp³-hybridized carbons (Fsp3) is 0.429. The van der Waals surface area contributed by atoms with Crippen LogP contribution in [0.3, 0.4) is 0 Å². The van der Waals surface area contributed by atoms with Crippen LogP contribution >= 0.6 is 0 Å². The van der Waals surface area contributed by atoms with Gasteiger partial charge in [0.1, 0.15) is 0 Å². The normalized spacial score (nSPS) is 20.6. The van der Waals surface area contributed by atoms with E-state index in [1.54, 1.807) is 0 Å². The zero-order chi connectivity index (χ0) is 20.6. The molecule has 1 heterocycles. The molecule has 0 aromatic heterocycles. The highest BCUT2D eigenvalue weighted by Gasteiger charge is 2.66. The molecule has 27 heavy (non-hydrogen) atoms. The Morgan fingerprint density at radius 3 is 2.37 bits per heavy atom. The number of nitrogens with zero attached hydrogens (tertiary/aromatic N) is 3. The van der Waals surface area contributed by atoms with Crippen LogP contribution in [0.25, 0.3) is 0 Å². The van der Waals surface area contributed by atoms with Crippen LogP contribution in [0.1, 0.15) is 18.9 Å². The lowest BCUT2D eigenvalue weighted by Crippen LogP contribution is -2.61. The predicted molar refractivity (Wildman–Crippen MR) is 78.4 cm³/mol. The Bertz CT molecular complexity index is 780. The number of aliphatic hydroxyl groups is 1. The van der Waals surface area contributed by atoms with E-state index in [-0.39, 0.29) is 22.0 Å². The van der Waals surface area contributed by atoms with Gasteiger partial charge in [-0.2, -0.15) is 18.9 Å². The van der Waals surface area contributed by atoms with Crippen LogP contribution in [0.4, 0.5) is 27.6 Å². The molecular weight excluding hydrogens is 385 g/mol. The first kappa shape index (κ1) is 20.6. The fourth-order valence-corrected chi connectivity index (χ4v) is 2.42. The van der Waals surface area contributed by atoms with Gasteiger partial charge < -0.3 is 5.11 Å². The Labute approximate surface area is 148 Å². The van der Waals surface area contributed by atoms with Gasteiger partial charge in [-0.05, 0) is 12.5 Å². The molecular formula is C14H12F5N3O5. The van der Waals surface area contributed by atoms with E-state index in [9.17, 15) is 42.0 Å². The van der Waals surface area contributed by atoms with Crippen molar-refractivity contribution in [2.24, 2.45) is 5.10 Å². The maximum absolute atomic E-state index is 13.9. The van der Waals surface area contributed by atoms with Crippen molar-refractivity contribution >= 4 is 17.3 Å². The second-order valence-electron chi connectivity index (χ2n) is 5.70. The van der Waals surface area contributed by atoms with Gasteiger partial charge in [0.2, 0.25) is 5.91 Å². The summed E-state index contributed by atoms with van der Waals surface area (Å²) in [5.41, 5.74) is -4.06. The highest BCUT2D eigenvalue weighted by atomic mass is 19.4. The van der Waals surface area contributed by atoms with Gasteiger partial charge in [-0.1, -0.05) is 12.1 Å². The summed E-state index contributed by atoms with van der Waals surface area (Å²) in [6.45, 7) is 1.13. The predicted octanol–water partition coefficient (Wildman–Crippen LogP) is 2.56. The van der Waals surface area contributed by atoms with E-state index < -0.39 is 41.9 Å². The van der Waals surface area contributed by atoms with Crippen LogP contribution in [0.2, 0.25) is 0 Å². The largest absolute Gasteiger partial charge is 0.527 e. The van der Waals surface area contributed by atoms with Gasteiger partial charge in [0.05, 0.1) is 11.3 Å². The average Bonchev–Trinajstić information content (AvgIpc) is 2.82. The van der Waals surface area contributed by atoms with Crippen LogP contribution in [-0.2, 0) is 16.0 Å². The van der Waals surface area contributed by atoms with Crippen LogP contribution in [-0.4, -0.2) is 44.9 Å². The number of hydrogen-bond donors (Lipinski definition) is 1. The lowest BCUT2D eigenvalue weighted by Gasteiger charge is -2.36. The number of benzene rings is 1. The van der Waals surface area contributed by atoms with Crippen LogP contribution in [0, 0.1) is 10.1 Å². The molecule has 1 aromatic rings. The van der Waals surface area contributed by atoms with Crippen molar-refractivity contribution < 1.29 is 41.5 Å². The Kier molecular flexibility index (Phi) is 5.21. The average molecular weight is 397 g/mol. The molecule has 1 N–H and O–H groups in total. The summed E-state index contributed by atoms with van der Waals surface area (Å²) in [6.07, 6.45) is -12.7. The number of nitro groups is 1. The minimum Gasteiger partial charge on any atom is -0.362 e. The maximum Gasteiger partial charge on any atom is 0.527 e. The Balaban J connectivity index is 2.25. The third kappa shape index (κ3) is 4.36. The van der Waals surface area contributed by atoms with Gasteiger partial charge in [-0.25, -0.2) is 4.74 Å². The molecule has 1 aliphatic heterocycles. The number of non-ortho nitro benzene ring substituents is 1. The lowest BCUT2D eigenvalue weighted by molar-refractivity contribution is -0.469. The fourth-order valence-electron chi connectivity index (χ4n) is 2.42. The van der Waals surface area contributed by atoms with Gasteiger partial charge in [-0.15, -0.1) is 13.2 Å². The second-order valence-corrected chi connectivity index (χ2v) is 5.70. The minimum absolute atomic E-state index is 0.132. The molecule has 1 aromatic carbocycles. The first-order valence-corrected chi connectivity index (χ1v) is 7.23. The van der Waals surface area contributed by atoms with Crippen molar-refractivity contribution in [3.63, 3.8) is 0 Å². The molecule has 13 heteroatoms. The highest BCUT2D eigenvalue weighted by Crippen LogP contribution is 2.43. The molecule has 0 fully saturated rings. The van der Waals surface area contributed by atoms with E-state index >= 15 is 0 Å². The van der Waals surface area contributed by atoms with E-state index in [1.807, 2.05) is 0 Å². The molecule has 1 aliphatic rings. The van der Waals surface area contributed by atoms with Crippen molar-refractivity contribution in [2.45, 2.75) is 38.0 Å². The number of hydrogen-bond acceptors (Lipinski definition) is 6. The molecule has 0 radical (unpaired) electrons. The Morgan fingerprint density at radius 1 is 1.33 bits per heavy atom. The number of rotatable bonds is 5. The van der Waals surface area contributed by atoms with E-state index in [1.165, 1.54) is 0 Å². The van der Waals surface area contributed by atoms with Crippen LogP contribution < -0.4 is 0 Å². The number of carbonyl (C=O) groups is 1. The molecule has 0 saturated carbocycles. The first-order chi connectivity index (χ1) is 12.2. The first-order valence-electron chi connectivity index (χ1n) is 7.23. The van der Waals surface area contributed by atoms with Crippen molar-refractivity contribution in [1.82, 2.24) is 5.01 Å². The number of carbonyl (C=O) groups excluding carboxylic acids is 1. The van der Waals surface area contributed by atoms with Crippen molar-refractivity contribution in [1.29, 1.82) is 0 Å². The molecule has 0 aliphatic carbocycles. The SMILES string of the molecule is CC1=NN(C(=O)Cc2ccc([N+](=O)[O-])cc2)[C@](O)(C(F)(F)OC(F)(F)F)C1. The summed E-state index contributed by atoms with van der Waals surface area (Å²) < 4.78 is 67.3. The van der Waals surface area contributed by atoms with Gasteiger partial charge in [-0.3, -0.25) is 14.9 Å². The van der Waals surface area contributed by atoms with E-state index in [2.05, 4.69) is 9.84 Å². The van der Waals surface area contributed by atoms with Crippen LogP contribution in [0.5, 0.6) is 0 Å². The molecule has 0 saturated heterocycles. The van der Waals surface area contributed by atoms with Gasteiger partial charge in [0.15, 0.2) is 0 Å². The zero-order valence-corrected chi connectivity index (χ0v) is 13.5. The Hall–Kier alpha value is -2.67. The summed E-state index contributed by atoms with van der Waals surface area (Å²) in [7, 11) is 0. The van der Waals surface area contributed by atoms with Crippen molar-refractivity contribution in [2.75, 3.05) is 0 Å². The standard InChI is InChI=1S/C14H12F5N3O5/c1-8-7-12(24,13(15,16)27-14(17,18)19)21(20-8)11(23)6-9-2-4-10(5-3-9)22(25)26/h2-5,24H,6-7H2,1H3/t12-/m1/s1. The quantitative estimate of drug-likeness (QED) is 0.467. The number of alkyl halides is 5. The summed E-state index contributed by atoms with van der Waals surface area (Å²) in [6, 6.07) is 4.42. The Morgan fingerprint density at radius 2 is 1.89 bits per heavy atom. The van der Waals surface area contributed by atoms with Crippen molar-refractivity contribution in [3.05, 3.63) is 39.9 Å². The zero-order valence-electron chi connectivity index (χ0n) is 13.5. The molecule has 0 bridgehead atoms. The summed E-state index contributed by atoms with van der Waals surface area (Å²) in [4.78, 5) is 22.1. The smallest absolute Gasteiger partial charge is 0.362 e. The molecule has 0 spiro atoms. The molecule has 148 valence electrons. The molecule has 1 amide bonds. The number of hydrazone groups is 1. The summed E-state index contributed by atoms with van der Waals surface area (Å²) in [5, 5.41) is 23.9. The monoisotopic (exact) mass is 397 g/mol. The second kappa shape index (κ2) is 6.81. The third-order valence-corrected chi connectivity index (χ3v) is 3.57. The maximum atomic E-state index is 13.9. The summed E-state index contributed by atoms with van der Waals surface area (Å²) in [5.74, 6) is -1.26. The third-order valence-electron chi connectivity index (χ3n) is 3.57. The van der Waals surface area contributed by atoms with Gasteiger partial charge in [0.25, 0.3) is 11.4 Å². The molecule has 1 atom stereocenters. The van der Waals surface area contributed by atoms with E-state index in [4.69, 9.17) is 0 Å². The molecule has 8 nitrogen and oxygen atoms in total. The minimum atomic E-state index is -5.77. The van der Waals surface area contributed by atoms with Gasteiger partial charge >= 0.3 is 12.5 Å². The molecule has 0 unspecified atom stereocenters. The highest BCUT2D eigenvalue weighted by molar-refractivity contribution is 5.89. The van der Waals surface area contributed by atoms with E-state index in [0.717, 1.165) is 31.2 Å². The van der Waals surface area contributed by atoms with E-state index in [0.29, 0.717) is 0 Å². The number of amides is 1. The van der Waals surface area contributed by atoms with Crippen LogP contribution in [0.15, 0.2) is 29.4 Å². The van der Waals surface area contributed by atoms with Gasteiger partial charge in [0, 0.05) is 24.3 Å². The number of ether oxygens (including phenoxy) is 1. The number of halogens is 5. The topological polar surface area (TPSA) is 105 Å². The van der Waals surface area contributed by atoms with Crippen molar-refractivity contribution in [3.8, 4) is 0 Å². The lowest BCUT2D eigenvalue weighted by atomic mass is 10.1.